The molecule has 18 heavy (non-hydrogen) atoms. The van der Waals surface area contributed by atoms with Crippen molar-refractivity contribution in [3.05, 3.63) is 28.1 Å². The van der Waals surface area contributed by atoms with E-state index in [2.05, 4.69) is 0 Å². The van der Waals surface area contributed by atoms with Crippen LogP contribution < -0.4 is 10.6 Å². The van der Waals surface area contributed by atoms with E-state index in [0.717, 1.165) is 11.1 Å². The van der Waals surface area contributed by atoms with Crippen molar-refractivity contribution >= 4 is 21.4 Å². The molecule has 1 aromatic rings. The molecule has 0 heterocycles. The van der Waals surface area contributed by atoms with E-state index in [4.69, 9.17) is 5.73 Å². The second kappa shape index (κ2) is 4.84. The molecule has 0 unspecified atom stereocenters. The van der Waals surface area contributed by atoms with Gasteiger partial charge < -0.3 is 5.73 Å². The van der Waals surface area contributed by atoms with Gasteiger partial charge in [-0.05, 0) is 0 Å². The number of benzene rings is 1. The number of halogens is 1. The van der Waals surface area contributed by atoms with Gasteiger partial charge in [0.05, 0.1) is 16.7 Å². The summed E-state index contributed by atoms with van der Waals surface area (Å²) in [5.41, 5.74) is 4.19. The van der Waals surface area contributed by atoms with E-state index in [0.29, 0.717) is 6.07 Å². The minimum atomic E-state index is -4.21. The number of nitro benzene ring substituents is 1. The van der Waals surface area contributed by atoms with E-state index in [-0.39, 0.29) is 0 Å². The van der Waals surface area contributed by atoms with Gasteiger partial charge in [-0.2, -0.15) is 0 Å². The Labute approximate surface area is 102 Å². The number of nitrogens with zero attached hydrogens (tertiary/aromatic N) is 2. The maximum absolute atomic E-state index is 13.6. The van der Waals surface area contributed by atoms with E-state index in [1.165, 1.54) is 14.1 Å². The highest BCUT2D eigenvalue weighted by Gasteiger charge is 2.26. The number of nitrogens with two attached hydrogens (primary N) is 1. The first kappa shape index (κ1) is 14.3. The molecule has 1 aromatic carbocycles. The molecular weight excluding hydrogens is 267 g/mol. The predicted molar refractivity (Wildman–Crippen MR) is 61.5 cm³/mol. The molecule has 0 fully saturated rings. The molecule has 3 N–H and O–H groups in total. The zero-order valence-electron chi connectivity index (χ0n) is 9.55. The lowest BCUT2D eigenvalue weighted by molar-refractivity contribution is -0.385. The van der Waals surface area contributed by atoms with Crippen molar-refractivity contribution in [2.45, 2.75) is 4.90 Å². The average Bonchev–Trinajstić information content (AvgIpc) is 2.12. The van der Waals surface area contributed by atoms with Gasteiger partial charge in [-0.25, -0.2) is 17.8 Å². The molecule has 0 saturated heterocycles. The first-order valence-electron chi connectivity index (χ1n) is 4.58. The number of hydrazine groups is 1. The summed E-state index contributed by atoms with van der Waals surface area (Å²) in [6.45, 7) is 0. The number of sulfonamides is 1. The van der Waals surface area contributed by atoms with E-state index in [1.54, 1.807) is 0 Å². The van der Waals surface area contributed by atoms with Gasteiger partial charge in [0.15, 0.2) is 5.82 Å². The Bertz CT molecular complexity index is 564. The largest absolute Gasteiger partial charge is 0.397 e. The highest BCUT2D eigenvalue weighted by molar-refractivity contribution is 7.89. The van der Waals surface area contributed by atoms with Gasteiger partial charge in [-0.3, -0.25) is 10.1 Å². The van der Waals surface area contributed by atoms with Gasteiger partial charge in [0.25, 0.3) is 15.7 Å². The molecule has 0 aliphatic rings. The van der Waals surface area contributed by atoms with Crippen LogP contribution in [0.3, 0.4) is 0 Å². The lowest BCUT2D eigenvalue weighted by Gasteiger charge is -2.14. The minimum Gasteiger partial charge on any atom is -0.397 e. The summed E-state index contributed by atoms with van der Waals surface area (Å²) in [7, 11) is -1.44. The lowest BCUT2D eigenvalue weighted by atomic mass is 10.3. The molecule has 0 atom stereocenters. The Morgan fingerprint density at radius 2 is 2.00 bits per heavy atom. The van der Waals surface area contributed by atoms with Crippen molar-refractivity contribution in [2.24, 2.45) is 0 Å². The van der Waals surface area contributed by atoms with Gasteiger partial charge in [0, 0.05) is 20.2 Å². The molecule has 1 rings (SSSR count). The Morgan fingerprint density at radius 3 is 2.39 bits per heavy atom. The number of nitrogen functional groups attached to an aromatic ring is 1. The average molecular weight is 278 g/mol. The number of nitro groups is 1. The van der Waals surface area contributed by atoms with Crippen molar-refractivity contribution in [1.82, 2.24) is 9.84 Å². The van der Waals surface area contributed by atoms with E-state index >= 15 is 0 Å². The minimum absolute atomic E-state index is 0.501. The van der Waals surface area contributed by atoms with Crippen molar-refractivity contribution in [3.63, 3.8) is 0 Å². The van der Waals surface area contributed by atoms with Crippen molar-refractivity contribution in [3.8, 4) is 0 Å². The van der Waals surface area contributed by atoms with Crippen LogP contribution in [0.15, 0.2) is 17.0 Å². The van der Waals surface area contributed by atoms with Crippen LogP contribution in [-0.4, -0.2) is 32.4 Å². The summed E-state index contributed by atoms with van der Waals surface area (Å²) in [6.07, 6.45) is 0. The lowest BCUT2D eigenvalue weighted by Crippen LogP contribution is -2.36. The monoisotopic (exact) mass is 278 g/mol. The second-order valence-electron chi connectivity index (χ2n) is 3.59. The zero-order valence-corrected chi connectivity index (χ0v) is 10.4. The van der Waals surface area contributed by atoms with E-state index in [1.807, 2.05) is 4.83 Å². The molecular formula is C8H11FN4O4S. The van der Waals surface area contributed by atoms with E-state index < -0.39 is 37.0 Å². The summed E-state index contributed by atoms with van der Waals surface area (Å²) in [4.78, 5) is 10.8. The van der Waals surface area contributed by atoms with Crippen LogP contribution in [0.1, 0.15) is 0 Å². The van der Waals surface area contributed by atoms with Crippen LogP contribution in [-0.2, 0) is 10.0 Å². The molecule has 0 aromatic heterocycles. The Morgan fingerprint density at radius 1 is 1.44 bits per heavy atom. The third-order valence-corrected chi connectivity index (χ3v) is 3.41. The van der Waals surface area contributed by atoms with Crippen molar-refractivity contribution in [1.29, 1.82) is 0 Å². The van der Waals surface area contributed by atoms with E-state index in [9.17, 15) is 22.9 Å². The number of non-ortho nitro benzene ring substituents is 1. The number of hydrogen-bond acceptors (Lipinski definition) is 6. The summed E-state index contributed by atoms with van der Waals surface area (Å²) >= 11 is 0. The summed E-state index contributed by atoms with van der Waals surface area (Å²) in [5, 5.41) is 11.5. The van der Waals surface area contributed by atoms with Gasteiger partial charge in [-0.1, -0.05) is 0 Å². The molecule has 0 aliphatic heterocycles. The Kier molecular flexibility index (Phi) is 3.84. The van der Waals surface area contributed by atoms with Gasteiger partial charge >= 0.3 is 0 Å². The van der Waals surface area contributed by atoms with Gasteiger partial charge in [0.1, 0.15) is 4.90 Å². The molecule has 0 bridgehead atoms. The summed E-state index contributed by atoms with van der Waals surface area (Å²) in [6, 6.07) is 1.29. The highest BCUT2D eigenvalue weighted by Crippen LogP contribution is 2.27. The molecule has 100 valence electrons. The van der Waals surface area contributed by atoms with Crippen molar-refractivity contribution in [2.75, 3.05) is 19.8 Å². The fourth-order valence-corrected chi connectivity index (χ4v) is 2.53. The van der Waals surface area contributed by atoms with Crippen LogP contribution in [0.2, 0.25) is 0 Å². The van der Waals surface area contributed by atoms with Crippen LogP contribution in [0.25, 0.3) is 0 Å². The first-order valence-corrected chi connectivity index (χ1v) is 6.06. The number of anilines is 1. The van der Waals surface area contributed by atoms with Gasteiger partial charge in [0.2, 0.25) is 0 Å². The third-order valence-electron chi connectivity index (χ3n) is 1.84. The first-order chi connectivity index (χ1) is 8.15. The Balaban J connectivity index is 3.40. The van der Waals surface area contributed by atoms with Crippen LogP contribution in [0, 0.1) is 15.9 Å². The fraction of sp³-hybridized carbons (Fsp3) is 0.250. The quantitative estimate of drug-likeness (QED) is 0.457. The van der Waals surface area contributed by atoms with Crippen molar-refractivity contribution < 1.29 is 17.7 Å². The topological polar surface area (TPSA) is 119 Å². The molecule has 0 aliphatic carbocycles. The SMILES string of the molecule is CN(C)NS(=O)(=O)c1c(N)cc([N+](=O)[O-])cc1F. The number of hydrogen-bond donors (Lipinski definition) is 2. The smallest absolute Gasteiger partial charge is 0.274 e. The molecule has 10 heteroatoms. The fourth-order valence-electron chi connectivity index (χ4n) is 1.27. The summed E-state index contributed by atoms with van der Waals surface area (Å²) in [5.74, 6) is -1.28. The molecule has 0 amide bonds. The maximum Gasteiger partial charge on any atom is 0.274 e. The van der Waals surface area contributed by atoms with Crippen LogP contribution in [0.5, 0.6) is 0 Å². The second-order valence-corrected chi connectivity index (χ2v) is 5.19. The Hall–Kier alpha value is -1.78. The molecule has 0 saturated carbocycles. The standard InChI is InChI=1S/C8H11FN4O4S/c1-12(2)11-18(16,17)8-6(9)3-5(13(14)15)4-7(8)10/h3-4,11H,10H2,1-2H3. The predicted octanol–water partition coefficient (Wildman–Crippen LogP) is 0.0710. The highest BCUT2D eigenvalue weighted by atomic mass is 32.2. The molecule has 8 nitrogen and oxygen atoms in total. The molecule has 0 spiro atoms. The summed E-state index contributed by atoms with van der Waals surface area (Å²) < 4.78 is 37.0. The maximum atomic E-state index is 13.6. The third kappa shape index (κ3) is 2.91. The van der Waals surface area contributed by atoms with Crippen LogP contribution >= 0.6 is 0 Å². The normalized spacial score (nSPS) is 11.8. The molecule has 0 radical (unpaired) electrons. The van der Waals surface area contributed by atoms with Gasteiger partial charge in [-0.15, -0.1) is 4.83 Å². The zero-order chi connectivity index (χ0) is 14.1. The number of rotatable bonds is 4. The van der Waals surface area contributed by atoms with Crippen LogP contribution in [0.4, 0.5) is 15.8 Å². The number of nitrogens with one attached hydrogen (secondary N) is 1.